The number of aromatic nitrogens is 1. The third-order valence-electron chi connectivity index (χ3n) is 4.87. The maximum absolute atomic E-state index is 12.7. The van der Waals surface area contributed by atoms with Crippen LogP contribution in [-0.4, -0.2) is 58.9 Å². The fraction of sp³-hybridized carbons (Fsp3) is 0.450. The number of nitrogens with one attached hydrogen (secondary N) is 1. The van der Waals surface area contributed by atoms with Crippen molar-refractivity contribution in [2.24, 2.45) is 11.7 Å². The van der Waals surface area contributed by atoms with Crippen LogP contribution in [0.3, 0.4) is 0 Å². The number of carbonyl (C=O) groups is 2. The topological polar surface area (TPSA) is 91.6 Å². The lowest BCUT2D eigenvalue weighted by Crippen LogP contribution is -2.57. The lowest BCUT2D eigenvalue weighted by Gasteiger charge is -2.36. The Morgan fingerprint density at radius 3 is 2.46 bits per heavy atom. The Morgan fingerprint density at radius 2 is 1.86 bits per heavy atom. The molecule has 0 spiro atoms. The zero-order valence-electron chi connectivity index (χ0n) is 16.3. The first-order chi connectivity index (χ1) is 13.4. The van der Waals surface area contributed by atoms with Crippen LogP contribution in [0, 0.1) is 5.92 Å². The van der Waals surface area contributed by atoms with Gasteiger partial charge in [0.25, 0.3) is 0 Å². The summed E-state index contributed by atoms with van der Waals surface area (Å²) in [5.74, 6) is -0.0714. The SMILES string of the molecule is CC(C)[C@H](NC(N)=O)C(=O)N1CCN(Cc2csc(-c3ccccc3)n2)CC1. The highest BCUT2D eigenvalue weighted by Crippen LogP contribution is 2.24. The number of urea groups is 1. The number of hydrogen-bond donors (Lipinski definition) is 2. The molecule has 0 unspecified atom stereocenters. The van der Waals surface area contributed by atoms with Crippen LogP contribution in [0.15, 0.2) is 35.7 Å². The third-order valence-corrected chi connectivity index (χ3v) is 5.81. The van der Waals surface area contributed by atoms with E-state index in [-0.39, 0.29) is 11.8 Å². The summed E-state index contributed by atoms with van der Waals surface area (Å²) in [6.45, 7) is 7.42. The first-order valence-electron chi connectivity index (χ1n) is 9.51. The Hall–Kier alpha value is -2.45. The van der Waals surface area contributed by atoms with E-state index in [0.717, 1.165) is 35.9 Å². The maximum Gasteiger partial charge on any atom is 0.312 e. The number of nitrogens with zero attached hydrogens (tertiary/aromatic N) is 3. The molecule has 1 aliphatic heterocycles. The standard InChI is InChI=1S/C20H27N5O2S/c1-14(2)17(23-20(21)27)19(26)25-10-8-24(9-11-25)12-16-13-28-18(22-16)15-6-4-3-5-7-15/h3-7,13-14,17H,8-12H2,1-2H3,(H3,21,23,27)/t17-/m0/s1. The number of thiazole rings is 1. The van der Waals surface area contributed by atoms with Crippen molar-refractivity contribution in [3.05, 3.63) is 41.4 Å². The van der Waals surface area contributed by atoms with Crippen LogP contribution in [0.2, 0.25) is 0 Å². The molecule has 0 aliphatic carbocycles. The van der Waals surface area contributed by atoms with Crippen molar-refractivity contribution in [3.63, 3.8) is 0 Å². The van der Waals surface area contributed by atoms with Crippen LogP contribution in [0.1, 0.15) is 19.5 Å². The minimum atomic E-state index is -0.663. The molecule has 1 fully saturated rings. The largest absolute Gasteiger partial charge is 0.352 e. The van der Waals surface area contributed by atoms with Crippen molar-refractivity contribution in [2.75, 3.05) is 26.2 Å². The number of carbonyl (C=O) groups excluding carboxylic acids is 2. The highest BCUT2D eigenvalue weighted by Gasteiger charge is 2.30. The summed E-state index contributed by atoms with van der Waals surface area (Å²) < 4.78 is 0. The number of hydrogen-bond acceptors (Lipinski definition) is 5. The van der Waals surface area contributed by atoms with Crippen molar-refractivity contribution in [2.45, 2.75) is 26.4 Å². The molecule has 1 aromatic carbocycles. The summed E-state index contributed by atoms with van der Waals surface area (Å²) in [6.07, 6.45) is 0. The van der Waals surface area contributed by atoms with Crippen LogP contribution < -0.4 is 11.1 Å². The molecule has 1 saturated heterocycles. The lowest BCUT2D eigenvalue weighted by molar-refractivity contribution is -0.136. The number of nitrogens with two attached hydrogens (primary N) is 1. The van der Waals surface area contributed by atoms with Gasteiger partial charge >= 0.3 is 6.03 Å². The zero-order valence-corrected chi connectivity index (χ0v) is 17.1. The van der Waals surface area contributed by atoms with Gasteiger partial charge in [-0.15, -0.1) is 11.3 Å². The van der Waals surface area contributed by atoms with Gasteiger partial charge in [-0.1, -0.05) is 44.2 Å². The molecule has 0 radical (unpaired) electrons. The van der Waals surface area contributed by atoms with Gasteiger partial charge in [-0.2, -0.15) is 0 Å². The molecule has 28 heavy (non-hydrogen) atoms. The van der Waals surface area contributed by atoms with Crippen molar-refractivity contribution in [3.8, 4) is 10.6 Å². The maximum atomic E-state index is 12.7. The highest BCUT2D eigenvalue weighted by molar-refractivity contribution is 7.13. The number of piperazine rings is 1. The van der Waals surface area contributed by atoms with E-state index in [1.807, 2.05) is 36.9 Å². The number of amides is 3. The summed E-state index contributed by atoms with van der Waals surface area (Å²) in [6, 6.07) is 8.94. The molecule has 3 rings (SSSR count). The van der Waals surface area contributed by atoms with Crippen LogP contribution in [0.25, 0.3) is 10.6 Å². The number of benzene rings is 1. The van der Waals surface area contributed by atoms with Gasteiger partial charge in [0.2, 0.25) is 5.91 Å². The molecule has 1 aromatic heterocycles. The summed E-state index contributed by atoms with van der Waals surface area (Å²) >= 11 is 1.66. The predicted molar refractivity (Wildman–Crippen MR) is 111 cm³/mol. The van der Waals surface area contributed by atoms with Gasteiger partial charge in [0.15, 0.2) is 0 Å². The molecule has 150 valence electrons. The normalized spacial score (nSPS) is 16.2. The molecule has 1 aliphatic rings. The summed E-state index contributed by atoms with van der Waals surface area (Å²) in [5.41, 5.74) is 7.41. The summed E-state index contributed by atoms with van der Waals surface area (Å²) in [7, 11) is 0. The van der Waals surface area contributed by atoms with E-state index in [0.29, 0.717) is 13.1 Å². The smallest absolute Gasteiger partial charge is 0.312 e. The first kappa shape index (κ1) is 20.3. The Morgan fingerprint density at radius 1 is 1.18 bits per heavy atom. The quantitative estimate of drug-likeness (QED) is 0.776. The summed E-state index contributed by atoms with van der Waals surface area (Å²) in [5, 5.41) is 5.70. The van der Waals surface area contributed by atoms with Gasteiger partial charge in [-0.05, 0) is 5.92 Å². The van der Waals surface area contributed by atoms with Gasteiger partial charge in [0, 0.05) is 43.7 Å². The van der Waals surface area contributed by atoms with E-state index in [9.17, 15) is 9.59 Å². The van der Waals surface area contributed by atoms with Crippen molar-refractivity contribution >= 4 is 23.3 Å². The van der Waals surface area contributed by atoms with Gasteiger partial charge in [-0.3, -0.25) is 9.69 Å². The van der Waals surface area contributed by atoms with Gasteiger partial charge in [0.05, 0.1) is 5.69 Å². The van der Waals surface area contributed by atoms with Crippen LogP contribution in [0.4, 0.5) is 4.79 Å². The zero-order chi connectivity index (χ0) is 20.1. The molecule has 7 nitrogen and oxygen atoms in total. The first-order valence-corrected chi connectivity index (χ1v) is 10.4. The molecule has 1 atom stereocenters. The second-order valence-electron chi connectivity index (χ2n) is 7.34. The molecule has 3 N–H and O–H groups in total. The molecular formula is C20H27N5O2S. The molecule has 2 aromatic rings. The van der Waals surface area contributed by atoms with Crippen LogP contribution in [0.5, 0.6) is 0 Å². The average molecular weight is 402 g/mol. The second-order valence-corrected chi connectivity index (χ2v) is 8.20. The Balaban J connectivity index is 1.53. The minimum Gasteiger partial charge on any atom is -0.352 e. The monoisotopic (exact) mass is 401 g/mol. The van der Waals surface area contributed by atoms with Crippen molar-refractivity contribution in [1.82, 2.24) is 20.1 Å². The van der Waals surface area contributed by atoms with Crippen LogP contribution in [-0.2, 0) is 11.3 Å². The second kappa shape index (κ2) is 9.16. The lowest BCUT2D eigenvalue weighted by atomic mass is 10.0. The van der Waals surface area contributed by atoms with E-state index in [4.69, 9.17) is 10.7 Å². The fourth-order valence-electron chi connectivity index (χ4n) is 3.31. The van der Waals surface area contributed by atoms with Crippen molar-refractivity contribution in [1.29, 1.82) is 0 Å². The third kappa shape index (κ3) is 5.08. The van der Waals surface area contributed by atoms with Gasteiger partial charge in [-0.25, -0.2) is 9.78 Å². The number of rotatable bonds is 6. The Labute approximate surface area is 169 Å². The van der Waals surface area contributed by atoms with E-state index in [1.165, 1.54) is 0 Å². The average Bonchev–Trinajstić information content (AvgIpc) is 3.15. The Kier molecular flexibility index (Phi) is 6.64. The number of primary amides is 1. The molecule has 0 bridgehead atoms. The molecule has 0 saturated carbocycles. The van der Waals surface area contributed by atoms with E-state index < -0.39 is 12.1 Å². The Bertz CT molecular complexity index is 800. The summed E-state index contributed by atoms with van der Waals surface area (Å²) in [4.78, 5) is 32.8. The van der Waals surface area contributed by atoms with E-state index >= 15 is 0 Å². The van der Waals surface area contributed by atoms with E-state index in [2.05, 4.69) is 27.7 Å². The minimum absolute atomic E-state index is 0.00977. The van der Waals surface area contributed by atoms with Gasteiger partial charge < -0.3 is 16.0 Å². The predicted octanol–water partition coefficient (Wildman–Crippen LogP) is 2.15. The van der Waals surface area contributed by atoms with Crippen molar-refractivity contribution < 1.29 is 9.59 Å². The van der Waals surface area contributed by atoms with Gasteiger partial charge in [0.1, 0.15) is 11.0 Å². The molecule has 2 heterocycles. The highest BCUT2D eigenvalue weighted by atomic mass is 32.1. The molecule has 8 heteroatoms. The van der Waals surface area contributed by atoms with E-state index in [1.54, 1.807) is 11.3 Å². The van der Waals surface area contributed by atoms with Crippen LogP contribution >= 0.6 is 11.3 Å². The molecular weight excluding hydrogens is 374 g/mol. The fourth-order valence-corrected chi connectivity index (χ4v) is 4.13. The molecule has 3 amide bonds.